The van der Waals surface area contributed by atoms with Crippen LogP contribution in [0.3, 0.4) is 0 Å². The van der Waals surface area contributed by atoms with Gasteiger partial charge in [-0.25, -0.2) is 4.79 Å². The number of ether oxygens (including phenoxy) is 2. The molecule has 2 rings (SSSR count). The molecule has 0 saturated carbocycles. The molecule has 1 N–H and O–H groups in total. The number of benzene rings is 2. The van der Waals surface area contributed by atoms with Crippen molar-refractivity contribution in [2.24, 2.45) is 0 Å². The zero-order valence-corrected chi connectivity index (χ0v) is 10.9. The number of para-hydroxylation sites is 2. The summed E-state index contributed by atoms with van der Waals surface area (Å²) in [4.78, 5) is 11.1. The fraction of sp³-hybridized carbons (Fsp3) is 0.0625. The molecular weight excluding hydrogens is 256 g/mol. The molecule has 0 aliphatic carbocycles. The van der Waals surface area contributed by atoms with Gasteiger partial charge in [0.25, 0.3) is 0 Å². The van der Waals surface area contributed by atoms with E-state index in [0.29, 0.717) is 11.5 Å². The molecule has 20 heavy (non-hydrogen) atoms. The second kappa shape index (κ2) is 6.43. The Kier molecular flexibility index (Phi) is 4.39. The normalized spacial score (nSPS) is 9.65. The number of aliphatic carboxylic acids is 1. The lowest BCUT2D eigenvalue weighted by atomic mass is 10.3. The Labute approximate surface area is 116 Å². The van der Waals surface area contributed by atoms with Gasteiger partial charge >= 0.3 is 11.9 Å². The largest absolute Gasteiger partial charge is 0.478 e. The van der Waals surface area contributed by atoms with Crippen LogP contribution in [0.5, 0.6) is 11.5 Å². The molecule has 0 atom stereocenters. The third kappa shape index (κ3) is 3.62. The van der Waals surface area contributed by atoms with Crippen LogP contribution in [-0.4, -0.2) is 11.1 Å². The highest BCUT2D eigenvalue weighted by molar-refractivity contribution is 5.86. The predicted molar refractivity (Wildman–Crippen MR) is 74.5 cm³/mol. The Balaban J connectivity index is 2.27. The average molecular weight is 270 g/mol. The minimum Gasteiger partial charge on any atom is -0.478 e. The van der Waals surface area contributed by atoms with Gasteiger partial charge in [0, 0.05) is 0 Å². The maximum Gasteiger partial charge on any atom is 0.338 e. The number of rotatable bonds is 5. The van der Waals surface area contributed by atoms with E-state index >= 15 is 0 Å². The molecule has 0 aliphatic rings. The van der Waals surface area contributed by atoms with Crippen molar-refractivity contribution in [1.82, 2.24) is 0 Å². The van der Waals surface area contributed by atoms with Gasteiger partial charge in [-0.3, -0.25) is 0 Å². The lowest BCUT2D eigenvalue weighted by Crippen LogP contribution is -2.11. The van der Waals surface area contributed by atoms with E-state index in [1.807, 2.05) is 12.1 Å². The van der Waals surface area contributed by atoms with Gasteiger partial charge in [0.15, 0.2) is 0 Å². The van der Waals surface area contributed by atoms with E-state index in [1.165, 1.54) is 6.92 Å². The third-order valence-corrected chi connectivity index (χ3v) is 2.53. The van der Waals surface area contributed by atoms with Gasteiger partial charge in [-0.1, -0.05) is 36.4 Å². The monoisotopic (exact) mass is 270 g/mol. The van der Waals surface area contributed by atoms with Crippen LogP contribution < -0.4 is 9.47 Å². The van der Waals surface area contributed by atoms with Gasteiger partial charge in [-0.05, 0) is 31.2 Å². The summed E-state index contributed by atoms with van der Waals surface area (Å²) >= 11 is 0. The second-order valence-corrected chi connectivity index (χ2v) is 4.05. The molecule has 0 saturated heterocycles. The molecule has 4 nitrogen and oxygen atoms in total. The zero-order valence-electron chi connectivity index (χ0n) is 10.9. The lowest BCUT2D eigenvalue weighted by molar-refractivity contribution is -0.133. The van der Waals surface area contributed by atoms with Gasteiger partial charge in [-0.15, -0.1) is 0 Å². The Morgan fingerprint density at radius 3 is 1.60 bits per heavy atom. The zero-order chi connectivity index (χ0) is 14.4. The molecule has 0 bridgehead atoms. The van der Waals surface area contributed by atoms with E-state index in [4.69, 9.17) is 14.6 Å². The summed E-state index contributed by atoms with van der Waals surface area (Å²) < 4.78 is 11.0. The molecule has 0 heterocycles. The smallest absolute Gasteiger partial charge is 0.338 e. The summed E-state index contributed by atoms with van der Waals surface area (Å²) in [6, 6.07) is 17.8. The van der Waals surface area contributed by atoms with Crippen molar-refractivity contribution in [2.75, 3.05) is 0 Å². The number of hydrogen-bond donors (Lipinski definition) is 1. The quantitative estimate of drug-likeness (QED) is 0.667. The highest BCUT2D eigenvalue weighted by Crippen LogP contribution is 2.20. The summed E-state index contributed by atoms with van der Waals surface area (Å²) in [5.41, 5.74) is -0.00212. The molecule has 4 heteroatoms. The SMILES string of the molecule is CC(C(=O)O)=C(Oc1ccccc1)Oc1ccccc1. The van der Waals surface area contributed by atoms with Crippen LogP contribution in [0, 0.1) is 0 Å². The van der Waals surface area contributed by atoms with E-state index in [1.54, 1.807) is 48.5 Å². The van der Waals surface area contributed by atoms with Crippen molar-refractivity contribution in [3.05, 3.63) is 72.2 Å². The maximum absolute atomic E-state index is 11.1. The number of carbonyl (C=O) groups is 1. The van der Waals surface area contributed by atoms with Crippen molar-refractivity contribution in [2.45, 2.75) is 6.92 Å². The van der Waals surface area contributed by atoms with E-state index < -0.39 is 5.97 Å². The number of carboxylic acids is 1. The standard InChI is InChI=1S/C16H14O4/c1-12(15(17)18)16(19-13-8-4-2-5-9-13)20-14-10-6-3-7-11-14/h2-11H,1H3,(H,17,18). The summed E-state index contributed by atoms with van der Waals surface area (Å²) in [7, 11) is 0. The molecule has 0 amide bonds. The molecular formula is C16H14O4. The van der Waals surface area contributed by atoms with Crippen LogP contribution in [0.1, 0.15) is 6.92 Å². The fourth-order valence-corrected chi connectivity index (χ4v) is 1.45. The molecule has 102 valence electrons. The van der Waals surface area contributed by atoms with Crippen LogP contribution in [0.15, 0.2) is 72.2 Å². The van der Waals surface area contributed by atoms with Crippen molar-refractivity contribution < 1.29 is 19.4 Å². The number of carboxylic acid groups (broad SMARTS) is 1. The van der Waals surface area contributed by atoms with Crippen molar-refractivity contribution in [3.8, 4) is 11.5 Å². The van der Waals surface area contributed by atoms with E-state index in [-0.39, 0.29) is 11.5 Å². The Morgan fingerprint density at radius 1 is 0.850 bits per heavy atom. The summed E-state index contributed by atoms with van der Waals surface area (Å²) in [5, 5.41) is 9.09. The van der Waals surface area contributed by atoms with Crippen molar-refractivity contribution >= 4 is 5.97 Å². The Bertz CT molecular complexity index is 559. The Hall–Kier alpha value is -2.75. The van der Waals surface area contributed by atoms with Gasteiger partial charge in [0.2, 0.25) is 0 Å². The minimum absolute atomic E-state index is 0.00212. The molecule has 2 aromatic rings. The number of hydrogen-bond acceptors (Lipinski definition) is 3. The van der Waals surface area contributed by atoms with Crippen LogP contribution in [-0.2, 0) is 4.79 Å². The Morgan fingerprint density at radius 2 is 1.25 bits per heavy atom. The van der Waals surface area contributed by atoms with Crippen LogP contribution >= 0.6 is 0 Å². The van der Waals surface area contributed by atoms with Gasteiger partial charge < -0.3 is 14.6 Å². The summed E-state index contributed by atoms with van der Waals surface area (Å²) in [6.45, 7) is 1.43. The summed E-state index contributed by atoms with van der Waals surface area (Å²) in [6.07, 6.45) is 0. The second-order valence-electron chi connectivity index (χ2n) is 4.05. The molecule has 0 radical (unpaired) electrons. The molecule has 0 unspecified atom stereocenters. The molecule has 0 aromatic heterocycles. The van der Waals surface area contributed by atoms with E-state index in [0.717, 1.165) is 0 Å². The van der Waals surface area contributed by atoms with Crippen molar-refractivity contribution in [1.29, 1.82) is 0 Å². The molecule has 2 aromatic carbocycles. The molecule has 0 fully saturated rings. The van der Waals surface area contributed by atoms with Crippen LogP contribution in [0.4, 0.5) is 0 Å². The average Bonchev–Trinajstić information content (AvgIpc) is 2.48. The van der Waals surface area contributed by atoms with E-state index in [2.05, 4.69) is 0 Å². The minimum atomic E-state index is -1.09. The first kappa shape index (κ1) is 13.7. The lowest BCUT2D eigenvalue weighted by Gasteiger charge is -2.12. The van der Waals surface area contributed by atoms with Crippen LogP contribution in [0.2, 0.25) is 0 Å². The molecule has 0 spiro atoms. The third-order valence-electron chi connectivity index (χ3n) is 2.53. The first-order valence-electron chi connectivity index (χ1n) is 6.07. The predicted octanol–water partition coefficient (Wildman–Crippen LogP) is 3.46. The van der Waals surface area contributed by atoms with Gasteiger partial charge in [0.1, 0.15) is 17.1 Å². The first-order valence-corrected chi connectivity index (χ1v) is 6.07. The van der Waals surface area contributed by atoms with Crippen molar-refractivity contribution in [3.63, 3.8) is 0 Å². The van der Waals surface area contributed by atoms with E-state index in [9.17, 15) is 4.79 Å². The highest BCUT2D eigenvalue weighted by atomic mass is 16.7. The molecule has 0 aliphatic heterocycles. The van der Waals surface area contributed by atoms with Gasteiger partial charge in [-0.2, -0.15) is 0 Å². The highest BCUT2D eigenvalue weighted by Gasteiger charge is 2.14. The topological polar surface area (TPSA) is 55.8 Å². The van der Waals surface area contributed by atoms with Gasteiger partial charge in [0.05, 0.1) is 0 Å². The first-order chi connectivity index (χ1) is 9.66. The fourth-order valence-electron chi connectivity index (χ4n) is 1.45. The summed E-state index contributed by atoms with van der Waals surface area (Å²) in [5.74, 6) is -0.111. The maximum atomic E-state index is 11.1. The van der Waals surface area contributed by atoms with Crippen LogP contribution in [0.25, 0.3) is 0 Å².